The van der Waals surface area contributed by atoms with E-state index in [1.54, 1.807) is 60.7 Å². The predicted octanol–water partition coefficient (Wildman–Crippen LogP) is 3.25. The van der Waals surface area contributed by atoms with Gasteiger partial charge in [-0.05, 0) is 48.9 Å². The quantitative estimate of drug-likeness (QED) is 0.505. The summed E-state index contributed by atoms with van der Waals surface area (Å²) in [5, 5.41) is 0. The minimum Gasteiger partial charge on any atom is -0.454 e. The van der Waals surface area contributed by atoms with Crippen LogP contribution in [0.1, 0.15) is 17.5 Å². The van der Waals surface area contributed by atoms with Crippen molar-refractivity contribution in [3.63, 3.8) is 0 Å². The summed E-state index contributed by atoms with van der Waals surface area (Å²) >= 11 is 0. The van der Waals surface area contributed by atoms with E-state index in [9.17, 15) is 18.0 Å². The second-order valence-corrected chi connectivity index (χ2v) is 10.1. The Morgan fingerprint density at radius 3 is 2.38 bits per heavy atom. The molecule has 5 rings (SSSR count). The molecule has 0 N–H and O–H groups in total. The molecule has 1 atom stereocenters. The standard InChI is InChI=1S/C25H22N2O6S/c1-17-7-10-19(11-8-17)27-24(28)14-21(25(27)29)26(34(30,31)20-5-3-2-4-6-20)15-18-9-12-22-23(13-18)33-16-32-22/h2-13,21H,14-16H2,1H3. The Morgan fingerprint density at radius 1 is 0.941 bits per heavy atom. The molecule has 9 heteroatoms. The highest BCUT2D eigenvalue weighted by atomic mass is 32.2. The number of carbonyl (C=O) groups is 2. The van der Waals surface area contributed by atoms with Gasteiger partial charge < -0.3 is 9.47 Å². The Bertz CT molecular complexity index is 1360. The normalized spacial score (nSPS) is 17.6. The van der Waals surface area contributed by atoms with Gasteiger partial charge >= 0.3 is 0 Å². The predicted molar refractivity (Wildman–Crippen MR) is 124 cm³/mol. The third kappa shape index (κ3) is 3.93. The van der Waals surface area contributed by atoms with Crippen molar-refractivity contribution in [2.45, 2.75) is 30.8 Å². The zero-order valence-electron chi connectivity index (χ0n) is 18.4. The van der Waals surface area contributed by atoms with Gasteiger partial charge in [0, 0.05) is 6.54 Å². The van der Waals surface area contributed by atoms with Crippen LogP contribution >= 0.6 is 0 Å². The molecule has 0 saturated carbocycles. The molecule has 34 heavy (non-hydrogen) atoms. The van der Waals surface area contributed by atoms with E-state index in [0.717, 1.165) is 14.8 Å². The largest absolute Gasteiger partial charge is 0.454 e. The fourth-order valence-electron chi connectivity index (χ4n) is 4.12. The highest BCUT2D eigenvalue weighted by molar-refractivity contribution is 7.89. The van der Waals surface area contributed by atoms with E-state index in [4.69, 9.17) is 9.47 Å². The van der Waals surface area contributed by atoms with Crippen molar-refractivity contribution in [2.24, 2.45) is 0 Å². The van der Waals surface area contributed by atoms with Crippen molar-refractivity contribution in [1.82, 2.24) is 4.31 Å². The molecular formula is C25H22N2O6S. The summed E-state index contributed by atoms with van der Waals surface area (Å²) in [6.45, 7) is 1.88. The molecule has 3 aromatic carbocycles. The minimum absolute atomic E-state index is 0.0461. The van der Waals surface area contributed by atoms with E-state index >= 15 is 0 Å². The lowest BCUT2D eigenvalue weighted by atomic mass is 10.1. The number of hydrogen-bond acceptors (Lipinski definition) is 6. The van der Waals surface area contributed by atoms with Gasteiger partial charge in [-0.15, -0.1) is 0 Å². The zero-order valence-corrected chi connectivity index (χ0v) is 19.2. The Balaban J connectivity index is 1.53. The van der Waals surface area contributed by atoms with Crippen molar-refractivity contribution in [3.8, 4) is 11.5 Å². The van der Waals surface area contributed by atoms with Crippen LogP contribution in [-0.4, -0.2) is 37.4 Å². The minimum atomic E-state index is -4.10. The van der Waals surface area contributed by atoms with Crippen LogP contribution in [0.5, 0.6) is 11.5 Å². The Kier molecular flexibility index (Phi) is 5.59. The van der Waals surface area contributed by atoms with Crippen molar-refractivity contribution < 1.29 is 27.5 Å². The van der Waals surface area contributed by atoms with E-state index in [1.807, 2.05) is 6.92 Å². The van der Waals surface area contributed by atoms with Crippen molar-refractivity contribution in [2.75, 3.05) is 11.7 Å². The molecule has 0 aromatic heterocycles. The Labute approximate surface area is 197 Å². The monoisotopic (exact) mass is 478 g/mol. The summed E-state index contributed by atoms with van der Waals surface area (Å²) in [4.78, 5) is 27.5. The Morgan fingerprint density at radius 2 is 1.65 bits per heavy atom. The molecule has 0 bridgehead atoms. The fourth-order valence-corrected chi connectivity index (χ4v) is 5.71. The molecule has 1 saturated heterocycles. The molecule has 2 heterocycles. The number of ether oxygens (including phenoxy) is 2. The second kappa shape index (κ2) is 8.58. The van der Waals surface area contributed by atoms with Crippen LogP contribution in [0, 0.1) is 6.92 Å². The average Bonchev–Trinajstić information content (AvgIpc) is 3.42. The van der Waals surface area contributed by atoms with E-state index in [0.29, 0.717) is 22.7 Å². The number of sulfonamides is 1. The molecule has 0 radical (unpaired) electrons. The summed E-state index contributed by atoms with van der Waals surface area (Å²) < 4.78 is 39.2. The molecule has 2 aliphatic heterocycles. The van der Waals surface area contributed by atoms with Crippen LogP contribution < -0.4 is 14.4 Å². The van der Waals surface area contributed by atoms with Crippen LogP contribution in [0.4, 0.5) is 5.69 Å². The number of carbonyl (C=O) groups excluding carboxylic acids is 2. The number of imide groups is 1. The molecule has 2 aliphatic rings. The van der Waals surface area contributed by atoms with Crippen molar-refractivity contribution in [3.05, 3.63) is 83.9 Å². The van der Waals surface area contributed by atoms with Gasteiger partial charge in [-0.3, -0.25) is 9.59 Å². The summed E-state index contributed by atoms with van der Waals surface area (Å²) in [6.07, 6.45) is -0.247. The molecule has 0 spiro atoms. The number of fused-ring (bicyclic) bond motifs is 1. The van der Waals surface area contributed by atoms with Gasteiger partial charge in [0.25, 0.3) is 5.91 Å². The van der Waals surface area contributed by atoms with Gasteiger partial charge in [0.1, 0.15) is 6.04 Å². The number of aryl methyl sites for hydroxylation is 1. The van der Waals surface area contributed by atoms with Gasteiger partial charge in [-0.2, -0.15) is 4.31 Å². The molecule has 2 amide bonds. The van der Waals surface area contributed by atoms with Crippen LogP contribution in [0.2, 0.25) is 0 Å². The third-order valence-electron chi connectivity index (χ3n) is 5.89. The maximum atomic E-state index is 13.7. The topological polar surface area (TPSA) is 93.2 Å². The first-order valence-corrected chi connectivity index (χ1v) is 12.2. The van der Waals surface area contributed by atoms with Gasteiger partial charge in [0.05, 0.1) is 17.0 Å². The number of hydrogen-bond donors (Lipinski definition) is 0. The number of nitrogens with zero attached hydrogens (tertiary/aromatic N) is 2. The van der Waals surface area contributed by atoms with E-state index in [2.05, 4.69) is 0 Å². The average molecular weight is 479 g/mol. The van der Waals surface area contributed by atoms with Crippen molar-refractivity contribution >= 4 is 27.5 Å². The lowest BCUT2D eigenvalue weighted by molar-refractivity contribution is -0.122. The summed E-state index contributed by atoms with van der Waals surface area (Å²) in [5.74, 6) is 0.0513. The van der Waals surface area contributed by atoms with Crippen molar-refractivity contribution in [1.29, 1.82) is 0 Å². The maximum absolute atomic E-state index is 13.7. The molecule has 0 aliphatic carbocycles. The smallest absolute Gasteiger partial charge is 0.252 e. The van der Waals surface area contributed by atoms with Gasteiger partial charge in [0.15, 0.2) is 11.5 Å². The molecule has 174 valence electrons. The highest BCUT2D eigenvalue weighted by Gasteiger charge is 2.47. The number of benzene rings is 3. The molecule has 1 unspecified atom stereocenters. The molecule has 3 aromatic rings. The van der Waals surface area contributed by atoms with Crippen LogP contribution in [0.25, 0.3) is 0 Å². The molecule has 1 fully saturated rings. The molecular weight excluding hydrogens is 456 g/mol. The second-order valence-electron chi connectivity index (χ2n) is 8.17. The zero-order chi connectivity index (χ0) is 23.9. The van der Waals surface area contributed by atoms with Gasteiger partial charge in [-0.25, -0.2) is 13.3 Å². The SMILES string of the molecule is Cc1ccc(N2C(=O)CC(N(Cc3ccc4c(c3)OCO4)S(=O)(=O)c3ccccc3)C2=O)cc1. The summed E-state index contributed by atoms with van der Waals surface area (Å²) in [7, 11) is -4.10. The number of rotatable bonds is 6. The molecule has 8 nitrogen and oxygen atoms in total. The van der Waals surface area contributed by atoms with E-state index < -0.39 is 27.9 Å². The highest BCUT2D eigenvalue weighted by Crippen LogP contribution is 2.35. The number of anilines is 1. The van der Waals surface area contributed by atoms with Crippen LogP contribution in [0.15, 0.2) is 77.7 Å². The summed E-state index contributed by atoms with van der Waals surface area (Å²) in [5.41, 5.74) is 2.01. The van der Waals surface area contributed by atoms with Crippen LogP contribution in [-0.2, 0) is 26.2 Å². The van der Waals surface area contributed by atoms with Gasteiger partial charge in [-0.1, -0.05) is 42.0 Å². The van der Waals surface area contributed by atoms with Gasteiger partial charge in [0.2, 0.25) is 22.7 Å². The lowest BCUT2D eigenvalue weighted by Crippen LogP contribution is -2.45. The fraction of sp³-hybridized carbons (Fsp3) is 0.200. The van der Waals surface area contributed by atoms with E-state index in [-0.39, 0.29) is 24.7 Å². The number of amides is 2. The first kappa shape index (κ1) is 22.1. The lowest BCUT2D eigenvalue weighted by Gasteiger charge is -2.27. The Hall–Kier alpha value is -3.69. The third-order valence-corrected chi connectivity index (χ3v) is 7.76. The first-order chi connectivity index (χ1) is 16.3. The maximum Gasteiger partial charge on any atom is 0.252 e. The van der Waals surface area contributed by atoms with E-state index in [1.165, 1.54) is 12.1 Å². The summed E-state index contributed by atoms with van der Waals surface area (Å²) in [6, 6.07) is 18.8. The van der Waals surface area contributed by atoms with Crippen LogP contribution in [0.3, 0.4) is 0 Å². The first-order valence-electron chi connectivity index (χ1n) is 10.7.